The molecule has 1 aromatic carbocycles. The van der Waals surface area contributed by atoms with E-state index in [1.54, 1.807) is 12.1 Å². The van der Waals surface area contributed by atoms with Crippen molar-refractivity contribution < 1.29 is 14.5 Å². The summed E-state index contributed by atoms with van der Waals surface area (Å²) in [5, 5.41) is 14.7. The van der Waals surface area contributed by atoms with Gasteiger partial charge in [-0.2, -0.15) is 0 Å². The molecule has 0 bridgehead atoms. The number of carbonyl (C=O) groups is 1. The first kappa shape index (κ1) is 19.9. The second-order valence-corrected chi connectivity index (χ2v) is 7.00. The summed E-state index contributed by atoms with van der Waals surface area (Å²) in [6.07, 6.45) is 4.69. The molecular weight excluding hydrogens is 334 g/mol. The number of nitrogens with one attached hydrogen (secondary N) is 1. The van der Waals surface area contributed by atoms with E-state index in [1.807, 2.05) is 0 Å². The maximum absolute atomic E-state index is 11.4. The molecule has 1 N–H and O–H groups in total. The molecule has 2 rings (SSSR count). The van der Waals surface area contributed by atoms with Gasteiger partial charge in [-0.05, 0) is 36.5 Å². The predicted molar refractivity (Wildman–Crippen MR) is 102 cm³/mol. The SMILES string of the molecule is COC(=O)/C=C\c1ccc(NC2CCN(CC(C)C)CC2)c([N+](=O)[O-])c1. The number of hydrogen-bond acceptors (Lipinski definition) is 6. The lowest BCUT2D eigenvalue weighted by atomic mass is 10.0. The topological polar surface area (TPSA) is 84.7 Å². The summed E-state index contributed by atoms with van der Waals surface area (Å²) in [6, 6.07) is 5.15. The van der Waals surface area contributed by atoms with E-state index >= 15 is 0 Å². The fraction of sp³-hybridized carbons (Fsp3) is 0.526. The van der Waals surface area contributed by atoms with Crippen LogP contribution in [0.3, 0.4) is 0 Å². The van der Waals surface area contributed by atoms with Crippen LogP contribution in [0.1, 0.15) is 32.3 Å². The number of ether oxygens (including phenoxy) is 1. The first-order chi connectivity index (χ1) is 12.4. The van der Waals surface area contributed by atoms with Crippen molar-refractivity contribution in [2.75, 3.05) is 32.1 Å². The van der Waals surface area contributed by atoms with E-state index in [1.165, 1.54) is 25.3 Å². The Bertz CT molecular complexity index is 665. The summed E-state index contributed by atoms with van der Waals surface area (Å²) in [7, 11) is 1.29. The number of hydrogen-bond donors (Lipinski definition) is 1. The number of piperidine rings is 1. The molecule has 0 aliphatic carbocycles. The van der Waals surface area contributed by atoms with Gasteiger partial charge in [-0.25, -0.2) is 4.79 Å². The van der Waals surface area contributed by atoms with Crippen LogP contribution in [0, 0.1) is 16.0 Å². The van der Waals surface area contributed by atoms with Crippen LogP contribution in [0.15, 0.2) is 24.3 Å². The van der Waals surface area contributed by atoms with Crippen LogP contribution < -0.4 is 5.32 Å². The average Bonchev–Trinajstić information content (AvgIpc) is 2.61. The van der Waals surface area contributed by atoms with Crippen LogP contribution in [0.2, 0.25) is 0 Å². The third-order valence-electron chi connectivity index (χ3n) is 4.40. The molecule has 0 saturated carbocycles. The van der Waals surface area contributed by atoms with Gasteiger partial charge in [0.2, 0.25) is 0 Å². The third-order valence-corrected chi connectivity index (χ3v) is 4.40. The minimum Gasteiger partial charge on any atom is -0.466 e. The monoisotopic (exact) mass is 361 g/mol. The molecule has 142 valence electrons. The highest BCUT2D eigenvalue weighted by atomic mass is 16.6. The Kier molecular flexibility index (Phi) is 7.15. The molecule has 1 fully saturated rings. The van der Waals surface area contributed by atoms with Gasteiger partial charge in [0.15, 0.2) is 0 Å². The van der Waals surface area contributed by atoms with Crippen molar-refractivity contribution in [1.29, 1.82) is 0 Å². The van der Waals surface area contributed by atoms with E-state index in [2.05, 4.69) is 28.8 Å². The molecule has 1 saturated heterocycles. The van der Waals surface area contributed by atoms with Gasteiger partial charge in [0.1, 0.15) is 5.69 Å². The molecule has 1 heterocycles. The molecule has 0 radical (unpaired) electrons. The van der Waals surface area contributed by atoms with Gasteiger partial charge in [0.05, 0.1) is 12.0 Å². The Morgan fingerprint density at radius 1 is 1.42 bits per heavy atom. The molecule has 1 aliphatic rings. The van der Waals surface area contributed by atoms with E-state index in [0.29, 0.717) is 17.2 Å². The van der Waals surface area contributed by atoms with Gasteiger partial charge in [-0.1, -0.05) is 19.9 Å². The number of likely N-dealkylation sites (tertiary alicyclic amines) is 1. The summed E-state index contributed by atoms with van der Waals surface area (Å²) < 4.78 is 4.53. The second kappa shape index (κ2) is 9.33. The Labute approximate surface area is 154 Å². The summed E-state index contributed by atoms with van der Waals surface area (Å²) >= 11 is 0. The fourth-order valence-electron chi connectivity index (χ4n) is 3.15. The van der Waals surface area contributed by atoms with Crippen LogP contribution in [0.25, 0.3) is 6.08 Å². The molecule has 26 heavy (non-hydrogen) atoms. The summed E-state index contributed by atoms with van der Waals surface area (Å²) in [5.74, 6) is 0.147. The number of esters is 1. The zero-order valence-electron chi connectivity index (χ0n) is 15.6. The smallest absolute Gasteiger partial charge is 0.330 e. The minimum atomic E-state index is -0.497. The lowest BCUT2D eigenvalue weighted by molar-refractivity contribution is -0.384. The standard InChI is InChI=1S/C19H27N3O4/c1-14(2)13-21-10-8-16(9-11-21)20-17-6-4-15(5-7-19(23)26-3)12-18(17)22(24)25/h4-7,12,14,16,20H,8-11,13H2,1-3H3/b7-5-. The highest BCUT2D eigenvalue weighted by Gasteiger charge is 2.22. The maximum atomic E-state index is 11.4. The van der Waals surface area contributed by atoms with E-state index < -0.39 is 10.9 Å². The molecule has 1 aliphatic heterocycles. The molecular formula is C19H27N3O4. The number of carbonyl (C=O) groups excluding carboxylic acids is 1. The highest BCUT2D eigenvalue weighted by molar-refractivity contribution is 5.87. The first-order valence-electron chi connectivity index (χ1n) is 8.92. The normalized spacial score (nSPS) is 16.2. The Morgan fingerprint density at radius 3 is 2.69 bits per heavy atom. The van der Waals surface area contributed by atoms with Gasteiger partial charge in [0.25, 0.3) is 5.69 Å². The van der Waals surface area contributed by atoms with Gasteiger partial charge in [-0.15, -0.1) is 0 Å². The van der Waals surface area contributed by atoms with Gasteiger partial charge >= 0.3 is 5.97 Å². The van der Waals surface area contributed by atoms with Crippen molar-refractivity contribution in [2.24, 2.45) is 5.92 Å². The highest BCUT2D eigenvalue weighted by Crippen LogP contribution is 2.28. The predicted octanol–water partition coefficient (Wildman–Crippen LogP) is 3.31. The lowest BCUT2D eigenvalue weighted by Crippen LogP contribution is -2.40. The second-order valence-electron chi connectivity index (χ2n) is 7.00. The molecule has 1 aromatic rings. The van der Waals surface area contributed by atoms with Crippen molar-refractivity contribution in [3.8, 4) is 0 Å². The van der Waals surface area contributed by atoms with Crippen molar-refractivity contribution in [3.05, 3.63) is 40.0 Å². The molecule has 7 heteroatoms. The Hall–Kier alpha value is -2.41. The quantitative estimate of drug-likeness (QED) is 0.347. The van der Waals surface area contributed by atoms with Crippen LogP contribution in [-0.2, 0) is 9.53 Å². The lowest BCUT2D eigenvalue weighted by Gasteiger charge is -2.33. The van der Waals surface area contributed by atoms with Gasteiger partial charge in [0, 0.05) is 37.8 Å². The summed E-state index contributed by atoms with van der Waals surface area (Å²) in [4.78, 5) is 24.6. The van der Waals surface area contributed by atoms with E-state index in [-0.39, 0.29) is 11.7 Å². The van der Waals surface area contributed by atoms with Crippen LogP contribution in [0.4, 0.5) is 11.4 Å². The van der Waals surface area contributed by atoms with Crippen molar-refractivity contribution in [1.82, 2.24) is 4.90 Å². The van der Waals surface area contributed by atoms with E-state index in [4.69, 9.17) is 0 Å². The van der Waals surface area contributed by atoms with Gasteiger partial charge in [-0.3, -0.25) is 10.1 Å². The Balaban J connectivity index is 2.04. The van der Waals surface area contributed by atoms with Crippen molar-refractivity contribution in [3.63, 3.8) is 0 Å². The number of benzene rings is 1. The maximum Gasteiger partial charge on any atom is 0.330 e. The molecule has 0 atom stereocenters. The average molecular weight is 361 g/mol. The molecule has 7 nitrogen and oxygen atoms in total. The molecule has 0 aromatic heterocycles. The molecule has 0 spiro atoms. The fourth-order valence-corrected chi connectivity index (χ4v) is 3.15. The number of nitrogens with zero attached hydrogens (tertiary/aromatic N) is 2. The number of anilines is 1. The number of nitro groups is 1. The first-order valence-corrected chi connectivity index (χ1v) is 8.92. The number of methoxy groups -OCH3 is 1. The summed E-state index contributed by atoms with van der Waals surface area (Å²) in [6.45, 7) is 7.52. The minimum absolute atomic E-state index is 0.0154. The van der Waals surface area contributed by atoms with Crippen LogP contribution >= 0.6 is 0 Å². The Morgan fingerprint density at radius 2 is 2.12 bits per heavy atom. The van der Waals surface area contributed by atoms with E-state index in [0.717, 1.165) is 32.5 Å². The molecule has 0 amide bonds. The zero-order chi connectivity index (χ0) is 19.1. The largest absolute Gasteiger partial charge is 0.466 e. The summed E-state index contributed by atoms with van der Waals surface area (Å²) in [5.41, 5.74) is 1.12. The molecule has 0 unspecified atom stereocenters. The zero-order valence-corrected chi connectivity index (χ0v) is 15.6. The van der Waals surface area contributed by atoms with Gasteiger partial charge < -0.3 is 15.0 Å². The number of nitro benzene ring substituents is 1. The third kappa shape index (κ3) is 5.84. The van der Waals surface area contributed by atoms with Crippen molar-refractivity contribution in [2.45, 2.75) is 32.7 Å². The van der Waals surface area contributed by atoms with Crippen LogP contribution in [0.5, 0.6) is 0 Å². The van der Waals surface area contributed by atoms with E-state index in [9.17, 15) is 14.9 Å². The van der Waals surface area contributed by atoms with Crippen LogP contribution in [-0.4, -0.2) is 48.6 Å². The number of rotatable bonds is 7. The van der Waals surface area contributed by atoms with Crippen molar-refractivity contribution >= 4 is 23.4 Å².